The molecule has 1 heterocycles. The molecular weight excluding hydrogens is 368 g/mol. The fourth-order valence-corrected chi connectivity index (χ4v) is 3.10. The van der Waals surface area contributed by atoms with E-state index in [9.17, 15) is 9.59 Å². The maximum atomic E-state index is 12.7. The Balaban J connectivity index is 1.72. The number of unbranched alkanes of at least 4 members (excludes halogenated alkanes) is 1. The van der Waals surface area contributed by atoms with Gasteiger partial charge in [0, 0.05) is 18.3 Å². The van der Waals surface area contributed by atoms with Crippen LogP contribution in [0.1, 0.15) is 44.0 Å². The number of hydrogen-bond acceptors (Lipinski definition) is 4. The lowest BCUT2D eigenvalue weighted by Gasteiger charge is -2.24. The molecule has 6 nitrogen and oxygen atoms in total. The predicted octanol–water partition coefficient (Wildman–Crippen LogP) is 4.50. The van der Waals surface area contributed by atoms with Gasteiger partial charge < -0.3 is 19.7 Å². The fourth-order valence-electron chi connectivity index (χ4n) is 3.10. The molecule has 1 N–H and O–H groups in total. The van der Waals surface area contributed by atoms with Crippen LogP contribution >= 0.6 is 0 Å². The molecule has 0 radical (unpaired) electrons. The lowest BCUT2D eigenvalue weighted by molar-refractivity contribution is -0.127. The Labute approximate surface area is 171 Å². The normalized spacial score (nSPS) is 15.2. The number of anilines is 2. The standard InChI is InChI=1S/C23H28N2O4/c1-5-6-13-28-18-10-7-16(8-11-18)21(26)24-17-9-12-20-19(14-17)25(4)22(27)23(2,3)15-29-20/h7-12,14H,5-6,13,15H2,1-4H3,(H,24,26). The summed E-state index contributed by atoms with van der Waals surface area (Å²) in [5.41, 5.74) is 1.15. The molecule has 0 atom stereocenters. The number of hydrogen-bond donors (Lipinski definition) is 1. The number of nitrogens with zero attached hydrogens (tertiary/aromatic N) is 1. The molecular formula is C23H28N2O4. The minimum Gasteiger partial charge on any atom is -0.494 e. The fraction of sp³-hybridized carbons (Fsp3) is 0.391. The summed E-state index contributed by atoms with van der Waals surface area (Å²) in [7, 11) is 1.72. The van der Waals surface area contributed by atoms with Crippen molar-refractivity contribution in [2.24, 2.45) is 5.41 Å². The Morgan fingerprint density at radius 2 is 1.93 bits per heavy atom. The summed E-state index contributed by atoms with van der Waals surface area (Å²) < 4.78 is 11.4. The number of carbonyl (C=O) groups excluding carboxylic acids is 2. The SMILES string of the molecule is CCCCOc1ccc(C(=O)Nc2ccc3c(c2)N(C)C(=O)C(C)(C)CO3)cc1. The van der Waals surface area contributed by atoms with E-state index < -0.39 is 5.41 Å². The van der Waals surface area contributed by atoms with Gasteiger partial charge in [-0.3, -0.25) is 9.59 Å². The van der Waals surface area contributed by atoms with Gasteiger partial charge in [-0.25, -0.2) is 0 Å². The van der Waals surface area contributed by atoms with Crippen LogP contribution in [0.15, 0.2) is 42.5 Å². The van der Waals surface area contributed by atoms with E-state index in [1.54, 1.807) is 54.4 Å². The van der Waals surface area contributed by atoms with E-state index in [0.29, 0.717) is 35.9 Å². The quantitative estimate of drug-likeness (QED) is 0.730. The molecule has 0 aromatic heterocycles. The molecule has 0 saturated carbocycles. The zero-order valence-electron chi connectivity index (χ0n) is 17.5. The van der Waals surface area contributed by atoms with E-state index in [1.807, 2.05) is 13.8 Å². The van der Waals surface area contributed by atoms with Gasteiger partial charge in [-0.15, -0.1) is 0 Å². The third-order valence-electron chi connectivity index (χ3n) is 4.93. The number of amides is 2. The molecule has 0 spiro atoms. The van der Waals surface area contributed by atoms with Gasteiger partial charge in [0.15, 0.2) is 0 Å². The summed E-state index contributed by atoms with van der Waals surface area (Å²) in [4.78, 5) is 26.8. The Morgan fingerprint density at radius 3 is 2.62 bits per heavy atom. The molecule has 1 aliphatic heterocycles. The third-order valence-corrected chi connectivity index (χ3v) is 4.93. The Hall–Kier alpha value is -3.02. The Kier molecular flexibility index (Phi) is 6.11. The largest absolute Gasteiger partial charge is 0.494 e. The second kappa shape index (κ2) is 8.55. The molecule has 0 bridgehead atoms. The monoisotopic (exact) mass is 396 g/mol. The topological polar surface area (TPSA) is 67.9 Å². The smallest absolute Gasteiger partial charge is 0.255 e. The van der Waals surface area contributed by atoms with Gasteiger partial charge in [-0.1, -0.05) is 13.3 Å². The van der Waals surface area contributed by atoms with Crippen LogP contribution in [0.4, 0.5) is 11.4 Å². The van der Waals surface area contributed by atoms with Crippen molar-refractivity contribution in [3.8, 4) is 11.5 Å². The van der Waals surface area contributed by atoms with E-state index in [0.717, 1.165) is 18.6 Å². The van der Waals surface area contributed by atoms with Crippen LogP contribution in [0.2, 0.25) is 0 Å². The van der Waals surface area contributed by atoms with Crippen LogP contribution in [0.3, 0.4) is 0 Å². The molecule has 154 valence electrons. The maximum Gasteiger partial charge on any atom is 0.255 e. The molecule has 0 aliphatic carbocycles. The Bertz CT molecular complexity index is 890. The van der Waals surface area contributed by atoms with Crippen molar-refractivity contribution >= 4 is 23.2 Å². The number of benzene rings is 2. The van der Waals surface area contributed by atoms with Gasteiger partial charge in [0.05, 0.1) is 17.7 Å². The predicted molar refractivity (Wildman–Crippen MR) is 114 cm³/mol. The van der Waals surface area contributed by atoms with Gasteiger partial charge in [0.1, 0.15) is 18.1 Å². The summed E-state index contributed by atoms with van der Waals surface area (Å²) in [6, 6.07) is 12.4. The van der Waals surface area contributed by atoms with Crippen molar-refractivity contribution in [2.75, 3.05) is 30.5 Å². The first kappa shape index (κ1) is 20.7. The summed E-state index contributed by atoms with van der Waals surface area (Å²) >= 11 is 0. The average Bonchev–Trinajstić information content (AvgIpc) is 2.79. The Morgan fingerprint density at radius 1 is 1.21 bits per heavy atom. The molecule has 0 fully saturated rings. The number of carbonyl (C=O) groups is 2. The zero-order valence-corrected chi connectivity index (χ0v) is 17.5. The number of nitrogens with one attached hydrogen (secondary N) is 1. The van der Waals surface area contributed by atoms with Gasteiger partial charge in [0.2, 0.25) is 5.91 Å². The number of rotatable bonds is 6. The molecule has 2 amide bonds. The van der Waals surface area contributed by atoms with Crippen molar-refractivity contribution < 1.29 is 19.1 Å². The van der Waals surface area contributed by atoms with Crippen LogP contribution in [0.25, 0.3) is 0 Å². The highest BCUT2D eigenvalue weighted by Crippen LogP contribution is 2.37. The second-order valence-electron chi connectivity index (χ2n) is 7.90. The molecule has 6 heteroatoms. The summed E-state index contributed by atoms with van der Waals surface area (Å²) in [5.74, 6) is 1.12. The highest BCUT2D eigenvalue weighted by atomic mass is 16.5. The number of ether oxygens (including phenoxy) is 2. The van der Waals surface area contributed by atoms with Crippen molar-refractivity contribution in [1.82, 2.24) is 0 Å². The molecule has 2 aromatic carbocycles. The van der Waals surface area contributed by atoms with E-state index in [1.165, 1.54) is 0 Å². The molecule has 2 aromatic rings. The van der Waals surface area contributed by atoms with Crippen molar-refractivity contribution in [3.63, 3.8) is 0 Å². The molecule has 1 aliphatic rings. The van der Waals surface area contributed by atoms with Crippen LogP contribution in [0.5, 0.6) is 11.5 Å². The lowest BCUT2D eigenvalue weighted by atomic mass is 9.93. The zero-order chi connectivity index (χ0) is 21.0. The van der Waals surface area contributed by atoms with E-state index in [-0.39, 0.29) is 11.8 Å². The summed E-state index contributed by atoms with van der Waals surface area (Å²) in [6.07, 6.45) is 2.07. The first-order valence-corrected chi connectivity index (χ1v) is 9.91. The van der Waals surface area contributed by atoms with Crippen molar-refractivity contribution in [3.05, 3.63) is 48.0 Å². The van der Waals surface area contributed by atoms with E-state index >= 15 is 0 Å². The van der Waals surface area contributed by atoms with E-state index in [4.69, 9.17) is 9.47 Å². The molecule has 3 rings (SSSR count). The van der Waals surface area contributed by atoms with Gasteiger partial charge in [-0.05, 0) is 62.7 Å². The first-order chi connectivity index (χ1) is 13.8. The summed E-state index contributed by atoms with van der Waals surface area (Å²) in [6.45, 7) is 6.80. The van der Waals surface area contributed by atoms with E-state index in [2.05, 4.69) is 12.2 Å². The average molecular weight is 396 g/mol. The molecule has 29 heavy (non-hydrogen) atoms. The molecule has 0 saturated heterocycles. The van der Waals surface area contributed by atoms with Gasteiger partial charge in [-0.2, -0.15) is 0 Å². The maximum absolute atomic E-state index is 12.7. The van der Waals surface area contributed by atoms with Crippen molar-refractivity contribution in [1.29, 1.82) is 0 Å². The van der Waals surface area contributed by atoms with Gasteiger partial charge in [0.25, 0.3) is 5.91 Å². The molecule has 0 unspecified atom stereocenters. The minimum atomic E-state index is -0.613. The number of fused-ring (bicyclic) bond motifs is 1. The second-order valence-corrected chi connectivity index (χ2v) is 7.90. The minimum absolute atomic E-state index is 0.0293. The van der Waals surface area contributed by atoms with Crippen LogP contribution < -0.4 is 19.7 Å². The van der Waals surface area contributed by atoms with Gasteiger partial charge >= 0.3 is 0 Å². The third kappa shape index (κ3) is 4.70. The van der Waals surface area contributed by atoms with Crippen LogP contribution in [-0.2, 0) is 4.79 Å². The van der Waals surface area contributed by atoms with Crippen molar-refractivity contribution in [2.45, 2.75) is 33.6 Å². The highest BCUT2D eigenvalue weighted by molar-refractivity contribution is 6.05. The van der Waals surface area contributed by atoms with Crippen LogP contribution in [-0.4, -0.2) is 32.1 Å². The summed E-state index contributed by atoms with van der Waals surface area (Å²) in [5, 5.41) is 2.88. The highest BCUT2D eigenvalue weighted by Gasteiger charge is 2.36. The first-order valence-electron chi connectivity index (χ1n) is 9.91. The van der Waals surface area contributed by atoms with Crippen LogP contribution in [0, 0.1) is 5.41 Å². The lowest BCUT2D eigenvalue weighted by Crippen LogP contribution is -2.39.